The highest BCUT2D eigenvalue weighted by Gasteiger charge is 2.09. The Morgan fingerprint density at radius 3 is 2.50 bits per heavy atom. The number of nitrogens with zero attached hydrogens (tertiary/aromatic N) is 1. The summed E-state index contributed by atoms with van der Waals surface area (Å²) in [4.78, 5) is 4.36. The molecular formula is C12H10Br2ClNOS. The zero-order valence-corrected chi connectivity index (χ0v) is 14.3. The van der Waals surface area contributed by atoms with Crippen LogP contribution in [0.2, 0.25) is 0 Å². The molecule has 0 amide bonds. The van der Waals surface area contributed by atoms with Crippen LogP contribution in [0.4, 0.5) is 0 Å². The lowest BCUT2D eigenvalue weighted by Gasteiger charge is -2.10. The molecule has 1 heterocycles. The topological polar surface area (TPSA) is 22.1 Å². The molecular weight excluding hydrogens is 401 g/mol. The lowest BCUT2D eigenvalue weighted by Crippen LogP contribution is -1.98. The minimum Gasteiger partial charge on any atom is -0.485 e. The first kappa shape index (κ1) is 14.3. The Morgan fingerprint density at radius 2 is 2.00 bits per heavy atom. The molecule has 0 radical (unpaired) electrons. The van der Waals surface area contributed by atoms with Gasteiger partial charge in [0.15, 0.2) is 0 Å². The molecule has 96 valence electrons. The molecule has 2 nitrogen and oxygen atoms in total. The SMILES string of the molecule is Cc1nc(COc2c(Br)cc(CCl)cc2Br)cs1. The summed E-state index contributed by atoms with van der Waals surface area (Å²) < 4.78 is 7.55. The van der Waals surface area contributed by atoms with Gasteiger partial charge in [-0.3, -0.25) is 0 Å². The fourth-order valence-electron chi connectivity index (χ4n) is 1.45. The Kier molecular flexibility index (Phi) is 5.06. The van der Waals surface area contributed by atoms with E-state index in [1.807, 2.05) is 24.4 Å². The van der Waals surface area contributed by atoms with Crippen LogP contribution >= 0.6 is 54.8 Å². The van der Waals surface area contributed by atoms with Crippen LogP contribution in [-0.4, -0.2) is 4.98 Å². The fraction of sp³-hybridized carbons (Fsp3) is 0.250. The average Bonchev–Trinajstić information content (AvgIpc) is 2.73. The molecule has 18 heavy (non-hydrogen) atoms. The van der Waals surface area contributed by atoms with E-state index in [1.165, 1.54) is 0 Å². The van der Waals surface area contributed by atoms with Gasteiger partial charge in [-0.1, -0.05) is 0 Å². The van der Waals surface area contributed by atoms with Crippen molar-refractivity contribution in [2.24, 2.45) is 0 Å². The van der Waals surface area contributed by atoms with Crippen molar-refractivity contribution in [2.75, 3.05) is 0 Å². The van der Waals surface area contributed by atoms with Gasteiger partial charge in [0.1, 0.15) is 12.4 Å². The molecule has 0 fully saturated rings. The van der Waals surface area contributed by atoms with Crippen LogP contribution in [0, 0.1) is 6.92 Å². The van der Waals surface area contributed by atoms with E-state index in [2.05, 4.69) is 36.8 Å². The lowest BCUT2D eigenvalue weighted by molar-refractivity contribution is 0.298. The third kappa shape index (κ3) is 3.47. The van der Waals surface area contributed by atoms with E-state index >= 15 is 0 Å². The maximum atomic E-state index is 5.81. The number of aryl methyl sites for hydroxylation is 1. The van der Waals surface area contributed by atoms with Crippen molar-refractivity contribution >= 4 is 54.8 Å². The predicted octanol–water partition coefficient (Wildman–Crippen LogP) is 5.29. The predicted molar refractivity (Wildman–Crippen MR) is 82.6 cm³/mol. The number of rotatable bonds is 4. The summed E-state index contributed by atoms with van der Waals surface area (Å²) in [7, 11) is 0. The Labute approximate surface area is 132 Å². The van der Waals surface area contributed by atoms with Gasteiger partial charge in [0.2, 0.25) is 0 Å². The van der Waals surface area contributed by atoms with Crippen molar-refractivity contribution in [1.82, 2.24) is 4.98 Å². The maximum Gasteiger partial charge on any atom is 0.148 e. The Bertz CT molecular complexity index is 536. The number of alkyl halides is 1. The molecule has 1 aromatic heterocycles. The summed E-state index contributed by atoms with van der Waals surface area (Å²) in [5, 5.41) is 3.05. The number of hydrogen-bond donors (Lipinski definition) is 0. The van der Waals surface area contributed by atoms with Gasteiger partial charge < -0.3 is 4.74 Å². The van der Waals surface area contributed by atoms with Crippen LogP contribution in [-0.2, 0) is 12.5 Å². The molecule has 0 unspecified atom stereocenters. The minimum absolute atomic E-state index is 0.460. The molecule has 0 N–H and O–H groups in total. The highest BCUT2D eigenvalue weighted by Crippen LogP contribution is 2.35. The van der Waals surface area contributed by atoms with Gasteiger partial charge in [-0.2, -0.15) is 0 Å². The molecule has 0 aliphatic heterocycles. The fourth-order valence-corrected chi connectivity index (χ4v) is 3.71. The van der Waals surface area contributed by atoms with Gasteiger partial charge in [0, 0.05) is 11.3 Å². The molecule has 0 aliphatic carbocycles. The molecule has 0 aliphatic rings. The smallest absolute Gasteiger partial charge is 0.148 e. The van der Waals surface area contributed by atoms with Crippen LogP contribution in [0.15, 0.2) is 26.5 Å². The van der Waals surface area contributed by atoms with E-state index in [1.54, 1.807) is 11.3 Å². The molecule has 2 rings (SSSR count). The van der Waals surface area contributed by atoms with Gasteiger partial charge in [-0.25, -0.2) is 4.98 Å². The van der Waals surface area contributed by atoms with Crippen LogP contribution in [0.25, 0.3) is 0 Å². The summed E-state index contributed by atoms with van der Waals surface area (Å²) in [6.07, 6.45) is 0. The molecule has 1 aromatic carbocycles. The molecule has 0 atom stereocenters. The Hall–Kier alpha value is -0.100. The number of benzene rings is 1. The number of aromatic nitrogens is 1. The van der Waals surface area contributed by atoms with Gasteiger partial charge in [0.05, 0.1) is 19.6 Å². The third-order valence-electron chi connectivity index (χ3n) is 2.24. The highest BCUT2D eigenvalue weighted by atomic mass is 79.9. The van der Waals surface area contributed by atoms with Crippen molar-refractivity contribution in [1.29, 1.82) is 0 Å². The highest BCUT2D eigenvalue weighted by molar-refractivity contribution is 9.11. The van der Waals surface area contributed by atoms with Crippen LogP contribution in [0.5, 0.6) is 5.75 Å². The molecule has 0 saturated heterocycles. The summed E-state index contributed by atoms with van der Waals surface area (Å²) in [6, 6.07) is 3.92. The van der Waals surface area contributed by atoms with Gasteiger partial charge >= 0.3 is 0 Å². The van der Waals surface area contributed by atoms with E-state index in [9.17, 15) is 0 Å². The first-order valence-electron chi connectivity index (χ1n) is 5.18. The summed E-state index contributed by atoms with van der Waals surface area (Å²) in [5.41, 5.74) is 1.98. The van der Waals surface area contributed by atoms with Gasteiger partial charge in [-0.15, -0.1) is 22.9 Å². The summed E-state index contributed by atoms with van der Waals surface area (Å²) in [6.45, 7) is 2.44. The van der Waals surface area contributed by atoms with Crippen LogP contribution in [0.1, 0.15) is 16.3 Å². The van der Waals surface area contributed by atoms with E-state index in [0.717, 1.165) is 31.0 Å². The number of ether oxygens (including phenoxy) is 1. The van der Waals surface area contributed by atoms with Gasteiger partial charge in [0.25, 0.3) is 0 Å². The normalized spacial score (nSPS) is 10.7. The molecule has 2 aromatic rings. The molecule has 0 bridgehead atoms. The number of thiazole rings is 1. The van der Waals surface area contributed by atoms with Crippen LogP contribution in [0.3, 0.4) is 0 Å². The van der Waals surface area contributed by atoms with Crippen molar-refractivity contribution in [2.45, 2.75) is 19.4 Å². The minimum atomic E-state index is 0.460. The summed E-state index contributed by atoms with van der Waals surface area (Å²) in [5.74, 6) is 1.25. The van der Waals surface area contributed by atoms with E-state index in [-0.39, 0.29) is 0 Å². The van der Waals surface area contributed by atoms with Gasteiger partial charge in [-0.05, 0) is 56.5 Å². The average molecular weight is 412 g/mol. The van der Waals surface area contributed by atoms with E-state index in [0.29, 0.717) is 12.5 Å². The zero-order valence-electron chi connectivity index (χ0n) is 9.54. The van der Waals surface area contributed by atoms with Crippen molar-refractivity contribution in [3.8, 4) is 5.75 Å². The monoisotopic (exact) mass is 409 g/mol. The first-order chi connectivity index (χ1) is 8.60. The van der Waals surface area contributed by atoms with E-state index < -0.39 is 0 Å². The second kappa shape index (κ2) is 6.37. The van der Waals surface area contributed by atoms with Crippen molar-refractivity contribution in [3.05, 3.63) is 42.7 Å². The van der Waals surface area contributed by atoms with E-state index in [4.69, 9.17) is 16.3 Å². The second-order valence-corrected chi connectivity index (χ2v) is 6.71. The van der Waals surface area contributed by atoms with Crippen LogP contribution < -0.4 is 4.74 Å². The third-order valence-corrected chi connectivity index (χ3v) is 4.55. The quantitative estimate of drug-likeness (QED) is 0.638. The number of halogens is 3. The van der Waals surface area contributed by atoms with Crippen molar-refractivity contribution in [3.63, 3.8) is 0 Å². The summed E-state index contributed by atoms with van der Waals surface area (Å²) >= 11 is 14.4. The molecule has 0 saturated carbocycles. The van der Waals surface area contributed by atoms with Crippen molar-refractivity contribution < 1.29 is 4.74 Å². The lowest BCUT2D eigenvalue weighted by atomic mass is 10.2. The Balaban J connectivity index is 2.14. The maximum absolute atomic E-state index is 5.81. The first-order valence-corrected chi connectivity index (χ1v) is 8.18. The zero-order chi connectivity index (χ0) is 13.1. The number of hydrogen-bond acceptors (Lipinski definition) is 3. The second-order valence-electron chi connectivity index (χ2n) is 3.67. The molecule has 0 spiro atoms. The molecule has 6 heteroatoms. The Morgan fingerprint density at radius 1 is 1.33 bits per heavy atom. The largest absolute Gasteiger partial charge is 0.485 e. The standard InChI is InChI=1S/C12H10Br2ClNOS/c1-7-16-9(6-18-7)5-17-12-10(13)2-8(4-15)3-11(12)14/h2-3,6H,4-5H2,1H3.